The van der Waals surface area contributed by atoms with E-state index in [2.05, 4.69) is 11.4 Å². The van der Waals surface area contributed by atoms with Crippen LogP contribution < -0.4 is 5.32 Å². The molecule has 0 aliphatic carbocycles. The van der Waals surface area contributed by atoms with Gasteiger partial charge in [-0.3, -0.25) is 4.79 Å². The Kier molecular flexibility index (Phi) is 5.48. The first-order valence-corrected chi connectivity index (χ1v) is 8.47. The molecule has 3 aromatic carbocycles. The second-order valence-corrected chi connectivity index (χ2v) is 6.13. The molecule has 0 saturated carbocycles. The summed E-state index contributed by atoms with van der Waals surface area (Å²) in [5.41, 5.74) is 1.73. The predicted molar refractivity (Wildman–Crippen MR) is 102 cm³/mol. The molecule has 0 unspecified atom stereocenters. The number of methoxy groups -OCH3 is 1. The zero-order valence-electron chi connectivity index (χ0n) is 14.8. The lowest BCUT2D eigenvalue weighted by atomic mass is 10.0. The van der Waals surface area contributed by atoms with Crippen molar-refractivity contribution in [2.45, 2.75) is 12.5 Å². The zero-order valence-corrected chi connectivity index (χ0v) is 14.8. The molecule has 1 atom stereocenters. The molecule has 5 heteroatoms. The summed E-state index contributed by atoms with van der Waals surface area (Å²) in [6, 6.07) is 21.3. The van der Waals surface area contributed by atoms with Crippen molar-refractivity contribution >= 4 is 22.6 Å². The molecular weight excluding hydrogens is 340 g/mol. The summed E-state index contributed by atoms with van der Waals surface area (Å²) >= 11 is 0. The number of nitrogens with zero attached hydrogens (tertiary/aromatic N) is 1. The van der Waals surface area contributed by atoms with Crippen LogP contribution >= 0.6 is 0 Å². The molecule has 3 aromatic rings. The average molecular weight is 358 g/mol. The number of carbonyl (C=O) groups excluding carboxylic acids is 2. The molecule has 0 aliphatic rings. The second-order valence-electron chi connectivity index (χ2n) is 6.13. The molecule has 3 rings (SSSR count). The molecule has 134 valence electrons. The molecule has 0 radical (unpaired) electrons. The monoisotopic (exact) mass is 358 g/mol. The smallest absolute Gasteiger partial charge is 0.328 e. The van der Waals surface area contributed by atoms with Crippen LogP contribution in [0, 0.1) is 11.3 Å². The van der Waals surface area contributed by atoms with E-state index in [1.807, 2.05) is 30.3 Å². The van der Waals surface area contributed by atoms with Crippen molar-refractivity contribution < 1.29 is 14.3 Å². The first kappa shape index (κ1) is 18.2. The van der Waals surface area contributed by atoms with Crippen LogP contribution in [0.15, 0.2) is 66.7 Å². The number of benzene rings is 3. The van der Waals surface area contributed by atoms with Crippen LogP contribution in [-0.2, 0) is 16.0 Å². The van der Waals surface area contributed by atoms with Gasteiger partial charge in [-0.2, -0.15) is 5.26 Å². The van der Waals surface area contributed by atoms with E-state index in [0.717, 1.165) is 16.3 Å². The van der Waals surface area contributed by atoms with E-state index in [0.29, 0.717) is 11.1 Å². The molecule has 0 fully saturated rings. The van der Waals surface area contributed by atoms with E-state index in [9.17, 15) is 9.59 Å². The minimum atomic E-state index is -0.845. The third-order valence-electron chi connectivity index (χ3n) is 4.30. The molecule has 1 N–H and O–H groups in total. The number of fused-ring (bicyclic) bond motifs is 1. The van der Waals surface area contributed by atoms with Gasteiger partial charge in [0.25, 0.3) is 5.91 Å². The maximum atomic E-state index is 12.7. The largest absolute Gasteiger partial charge is 0.467 e. The zero-order chi connectivity index (χ0) is 19.2. The summed E-state index contributed by atoms with van der Waals surface area (Å²) < 4.78 is 4.83. The number of hydrogen-bond acceptors (Lipinski definition) is 4. The molecule has 0 aromatic heterocycles. The van der Waals surface area contributed by atoms with Crippen molar-refractivity contribution in [1.29, 1.82) is 5.26 Å². The van der Waals surface area contributed by atoms with Crippen LogP contribution in [0.2, 0.25) is 0 Å². The molecule has 0 spiro atoms. The van der Waals surface area contributed by atoms with E-state index < -0.39 is 12.0 Å². The lowest BCUT2D eigenvalue weighted by molar-refractivity contribution is -0.142. The van der Waals surface area contributed by atoms with Gasteiger partial charge < -0.3 is 10.1 Å². The first-order chi connectivity index (χ1) is 13.1. The van der Waals surface area contributed by atoms with Gasteiger partial charge in [0.05, 0.1) is 18.7 Å². The molecule has 0 saturated heterocycles. The molecule has 1 amide bonds. The molecular formula is C22H18N2O3. The third-order valence-corrected chi connectivity index (χ3v) is 4.30. The Morgan fingerprint density at radius 2 is 1.81 bits per heavy atom. The molecule has 0 heterocycles. The highest BCUT2D eigenvalue weighted by molar-refractivity contribution is 6.00. The Morgan fingerprint density at radius 1 is 1.04 bits per heavy atom. The maximum absolute atomic E-state index is 12.7. The van der Waals surface area contributed by atoms with Crippen LogP contribution in [0.25, 0.3) is 10.8 Å². The predicted octanol–water partition coefficient (Wildman–Crippen LogP) is 3.23. The van der Waals surface area contributed by atoms with Gasteiger partial charge in [-0.1, -0.05) is 42.5 Å². The van der Waals surface area contributed by atoms with Gasteiger partial charge in [-0.15, -0.1) is 0 Å². The maximum Gasteiger partial charge on any atom is 0.328 e. The highest BCUT2D eigenvalue weighted by atomic mass is 16.5. The number of nitrogens with one attached hydrogen (secondary N) is 1. The number of ether oxygens (including phenoxy) is 1. The summed E-state index contributed by atoms with van der Waals surface area (Å²) in [5, 5.41) is 13.7. The molecule has 5 nitrogen and oxygen atoms in total. The fraction of sp³-hybridized carbons (Fsp3) is 0.136. The van der Waals surface area contributed by atoms with E-state index >= 15 is 0 Å². The van der Waals surface area contributed by atoms with E-state index in [1.54, 1.807) is 36.4 Å². The van der Waals surface area contributed by atoms with Gasteiger partial charge in [-0.25, -0.2) is 4.79 Å². The quantitative estimate of drug-likeness (QED) is 0.710. The van der Waals surface area contributed by atoms with Gasteiger partial charge in [0.2, 0.25) is 0 Å². The van der Waals surface area contributed by atoms with Gasteiger partial charge in [0, 0.05) is 12.0 Å². The lowest BCUT2D eigenvalue weighted by Gasteiger charge is -2.17. The second kappa shape index (κ2) is 8.15. The van der Waals surface area contributed by atoms with Crippen molar-refractivity contribution in [2.75, 3.05) is 7.11 Å². The third kappa shape index (κ3) is 4.31. The van der Waals surface area contributed by atoms with Crippen molar-refractivity contribution in [3.63, 3.8) is 0 Å². The van der Waals surface area contributed by atoms with Crippen molar-refractivity contribution in [3.8, 4) is 6.07 Å². The number of amides is 1. The van der Waals surface area contributed by atoms with Crippen molar-refractivity contribution in [2.24, 2.45) is 0 Å². The summed E-state index contributed by atoms with van der Waals surface area (Å²) in [7, 11) is 1.28. The van der Waals surface area contributed by atoms with Gasteiger partial charge in [-0.05, 0) is 40.6 Å². The standard InChI is InChI=1S/C22H18N2O3/c1-27-22(26)20(12-15-5-4-6-16(11-15)14-23)24-21(25)19-10-9-17-7-2-3-8-18(17)13-19/h2-11,13,20H,12H2,1H3,(H,24,25)/t20-/m0/s1. The Balaban J connectivity index is 1.81. The number of nitriles is 1. The average Bonchev–Trinajstić information content (AvgIpc) is 2.72. The highest BCUT2D eigenvalue weighted by Gasteiger charge is 2.23. The van der Waals surface area contributed by atoms with E-state index in [4.69, 9.17) is 10.00 Å². The number of hydrogen-bond donors (Lipinski definition) is 1. The van der Waals surface area contributed by atoms with Gasteiger partial charge in [0.1, 0.15) is 6.04 Å². The Morgan fingerprint density at radius 3 is 2.56 bits per heavy atom. The summed E-state index contributed by atoms with van der Waals surface area (Å²) in [6.07, 6.45) is 0.238. The van der Waals surface area contributed by atoms with Crippen LogP contribution in [0.5, 0.6) is 0 Å². The van der Waals surface area contributed by atoms with Crippen molar-refractivity contribution in [1.82, 2.24) is 5.32 Å². The normalized spacial score (nSPS) is 11.4. The molecule has 0 bridgehead atoms. The van der Waals surface area contributed by atoms with Crippen LogP contribution in [-0.4, -0.2) is 25.0 Å². The first-order valence-electron chi connectivity index (χ1n) is 8.47. The Hall–Kier alpha value is -3.65. The summed E-state index contributed by atoms with van der Waals surface area (Å²) in [5.74, 6) is -0.890. The molecule has 27 heavy (non-hydrogen) atoms. The Bertz CT molecular complexity index is 1040. The van der Waals surface area contributed by atoms with Gasteiger partial charge >= 0.3 is 5.97 Å². The summed E-state index contributed by atoms with van der Waals surface area (Å²) in [4.78, 5) is 24.8. The molecule has 0 aliphatic heterocycles. The SMILES string of the molecule is COC(=O)[C@H](Cc1cccc(C#N)c1)NC(=O)c1ccc2ccccc2c1. The number of esters is 1. The van der Waals surface area contributed by atoms with Crippen LogP contribution in [0.3, 0.4) is 0 Å². The lowest BCUT2D eigenvalue weighted by Crippen LogP contribution is -2.43. The van der Waals surface area contributed by atoms with Crippen LogP contribution in [0.1, 0.15) is 21.5 Å². The summed E-state index contributed by atoms with van der Waals surface area (Å²) in [6.45, 7) is 0. The number of rotatable bonds is 5. The fourth-order valence-corrected chi connectivity index (χ4v) is 2.91. The minimum Gasteiger partial charge on any atom is -0.467 e. The Labute approximate surface area is 157 Å². The highest BCUT2D eigenvalue weighted by Crippen LogP contribution is 2.16. The van der Waals surface area contributed by atoms with Gasteiger partial charge in [0.15, 0.2) is 0 Å². The van der Waals surface area contributed by atoms with E-state index in [-0.39, 0.29) is 12.3 Å². The number of carbonyl (C=O) groups is 2. The van der Waals surface area contributed by atoms with E-state index in [1.165, 1.54) is 7.11 Å². The van der Waals surface area contributed by atoms with Crippen LogP contribution in [0.4, 0.5) is 0 Å². The topological polar surface area (TPSA) is 79.2 Å². The fourth-order valence-electron chi connectivity index (χ4n) is 2.91. The van der Waals surface area contributed by atoms with Crippen molar-refractivity contribution in [3.05, 3.63) is 83.4 Å². The minimum absolute atomic E-state index is 0.238.